The van der Waals surface area contributed by atoms with Gasteiger partial charge in [-0.3, -0.25) is 9.69 Å². The number of carbonyl (C=O) groups excluding carboxylic acids is 1. The molecule has 2 atom stereocenters. The van der Waals surface area contributed by atoms with Crippen LogP contribution in [0.5, 0.6) is 0 Å². The molecular weight excluding hydrogens is 270 g/mol. The summed E-state index contributed by atoms with van der Waals surface area (Å²) in [5.74, 6) is 2.25. The molecule has 5 heteroatoms. The maximum atomic E-state index is 11.4. The lowest BCUT2D eigenvalue weighted by atomic mass is 10.0. The molecule has 2 aliphatic rings. The molecule has 0 unspecified atom stereocenters. The summed E-state index contributed by atoms with van der Waals surface area (Å²) in [5.41, 5.74) is 0. The molecule has 2 fully saturated rings. The summed E-state index contributed by atoms with van der Waals surface area (Å²) >= 11 is 1.94. The fourth-order valence-corrected chi connectivity index (χ4v) is 3.92. The Kier molecular flexibility index (Phi) is 6.18. The second-order valence-corrected chi connectivity index (χ2v) is 7.18. The van der Waals surface area contributed by atoms with Crippen LogP contribution in [-0.4, -0.2) is 84.5 Å². The van der Waals surface area contributed by atoms with Gasteiger partial charge in [0.2, 0.25) is 5.91 Å². The quantitative estimate of drug-likeness (QED) is 0.713. The van der Waals surface area contributed by atoms with Crippen molar-refractivity contribution < 1.29 is 4.79 Å². The third-order valence-electron chi connectivity index (χ3n) is 4.70. The van der Waals surface area contributed by atoms with Gasteiger partial charge in [-0.05, 0) is 30.9 Å². The molecule has 0 spiro atoms. The van der Waals surface area contributed by atoms with Crippen molar-refractivity contribution in [1.82, 2.24) is 14.7 Å². The number of amides is 1. The van der Waals surface area contributed by atoms with Crippen LogP contribution in [-0.2, 0) is 4.79 Å². The number of thioether (sulfide) groups is 1. The van der Waals surface area contributed by atoms with Crippen molar-refractivity contribution in [1.29, 1.82) is 0 Å². The molecule has 4 nitrogen and oxygen atoms in total. The van der Waals surface area contributed by atoms with Crippen molar-refractivity contribution in [2.24, 2.45) is 5.92 Å². The normalized spacial score (nSPS) is 29.1. The van der Waals surface area contributed by atoms with Crippen molar-refractivity contribution in [2.45, 2.75) is 26.3 Å². The van der Waals surface area contributed by atoms with Gasteiger partial charge in [-0.1, -0.05) is 6.92 Å². The minimum Gasteiger partial charge on any atom is -0.340 e. The molecule has 1 amide bonds. The second-order valence-electron chi connectivity index (χ2n) is 6.19. The van der Waals surface area contributed by atoms with E-state index < -0.39 is 0 Å². The Labute approximate surface area is 127 Å². The van der Waals surface area contributed by atoms with Gasteiger partial charge in [0.1, 0.15) is 0 Å². The van der Waals surface area contributed by atoms with Crippen LogP contribution in [0.1, 0.15) is 20.3 Å². The lowest BCUT2D eigenvalue weighted by Gasteiger charge is -2.39. The second kappa shape index (κ2) is 7.66. The largest absolute Gasteiger partial charge is 0.340 e. The Bertz CT molecular complexity index is 318. The van der Waals surface area contributed by atoms with Crippen LogP contribution >= 0.6 is 11.8 Å². The standard InChI is InChI=1S/C15H29N3OS/c1-13-11-16(5-4-10-20-3)12-15(13)18-8-6-17(7-9-18)14(2)19/h13,15H,4-12H2,1-3H3/t13-,15+/m0/s1. The lowest BCUT2D eigenvalue weighted by molar-refractivity contribution is -0.130. The molecule has 0 aromatic heterocycles. The highest BCUT2D eigenvalue weighted by molar-refractivity contribution is 7.98. The first-order valence-corrected chi connectivity index (χ1v) is 9.22. The SMILES string of the molecule is CSCCCN1C[C@@H](N2CCN(C(C)=O)CC2)[C@@H](C)C1. The number of nitrogens with zero attached hydrogens (tertiary/aromatic N) is 3. The zero-order chi connectivity index (χ0) is 14.5. The summed E-state index contributed by atoms with van der Waals surface area (Å²) in [7, 11) is 0. The van der Waals surface area contributed by atoms with E-state index in [9.17, 15) is 4.79 Å². The van der Waals surface area contributed by atoms with Gasteiger partial charge in [0, 0.05) is 52.2 Å². The minimum atomic E-state index is 0.225. The van der Waals surface area contributed by atoms with E-state index in [0.29, 0.717) is 6.04 Å². The van der Waals surface area contributed by atoms with E-state index >= 15 is 0 Å². The van der Waals surface area contributed by atoms with E-state index in [0.717, 1.165) is 32.1 Å². The highest BCUT2D eigenvalue weighted by Gasteiger charge is 2.35. The minimum absolute atomic E-state index is 0.225. The Morgan fingerprint density at radius 1 is 1.20 bits per heavy atom. The molecule has 2 saturated heterocycles. The van der Waals surface area contributed by atoms with Crippen LogP contribution < -0.4 is 0 Å². The summed E-state index contributed by atoms with van der Waals surface area (Å²) in [6, 6.07) is 0.693. The van der Waals surface area contributed by atoms with Crippen LogP contribution in [0.4, 0.5) is 0 Å². The zero-order valence-electron chi connectivity index (χ0n) is 13.2. The third kappa shape index (κ3) is 4.12. The summed E-state index contributed by atoms with van der Waals surface area (Å²) < 4.78 is 0. The Morgan fingerprint density at radius 3 is 2.50 bits per heavy atom. The number of piperazine rings is 1. The highest BCUT2D eigenvalue weighted by atomic mass is 32.2. The molecule has 2 heterocycles. The molecule has 2 aliphatic heterocycles. The number of hydrogen-bond acceptors (Lipinski definition) is 4. The van der Waals surface area contributed by atoms with E-state index in [-0.39, 0.29) is 5.91 Å². The smallest absolute Gasteiger partial charge is 0.219 e. The van der Waals surface area contributed by atoms with Crippen molar-refractivity contribution in [3.05, 3.63) is 0 Å². The Morgan fingerprint density at radius 2 is 1.90 bits per heavy atom. The summed E-state index contributed by atoms with van der Waals surface area (Å²) in [4.78, 5) is 18.6. The van der Waals surface area contributed by atoms with Gasteiger partial charge in [-0.25, -0.2) is 0 Å². The summed E-state index contributed by atoms with van der Waals surface area (Å²) in [6.45, 7) is 11.7. The lowest BCUT2D eigenvalue weighted by Crippen LogP contribution is -2.53. The average Bonchev–Trinajstić information content (AvgIpc) is 2.80. The number of hydrogen-bond donors (Lipinski definition) is 0. The first kappa shape index (κ1) is 16.1. The van der Waals surface area contributed by atoms with Crippen molar-refractivity contribution in [3.63, 3.8) is 0 Å². The fourth-order valence-electron chi connectivity index (χ4n) is 3.51. The molecule has 20 heavy (non-hydrogen) atoms. The molecular formula is C15H29N3OS. The monoisotopic (exact) mass is 299 g/mol. The van der Waals surface area contributed by atoms with Gasteiger partial charge < -0.3 is 9.80 Å². The van der Waals surface area contributed by atoms with E-state index in [1.165, 1.54) is 31.8 Å². The number of likely N-dealkylation sites (tertiary alicyclic amines) is 1. The molecule has 0 radical (unpaired) electrons. The third-order valence-corrected chi connectivity index (χ3v) is 5.40. The van der Waals surface area contributed by atoms with E-state index in [4.69, 9.17) is 0 Å². The molecule has 0 aliphatic carbocycles. The van der Waals surface area contributed by atoms with Gasteiger partial charge in [0.15, 0.2) is 0 Å². The van der Waals surface area contributed by atoms with Crippen LogP contribution in [0, 0.1) is 5.92 Å². The van der Waals surface area contributed by atoms with Crippen LogP contribution in [0.15, 0.2) is 0 Å². The molecule has 0 saturated carbocycles. The van der Waals surface area contributed by atoms with Gasteiger partial charge >= 0.3 is 0 Å². The number of carbonyl (C=O) groups is 1. The van der Waals surface area contributed by atoms with Gasteiger partial charge in [0.25, 0.3) is 0 Å². The predicted octanol–water partition coefficient (Wildman–Crippen LogP) is 1.22. The van der Waals surface area contributed by atoms with Crippen LogP contribution in [0.3, 0.4) is 0 Å². The fraction of sp³-hybridized carbons (Fsp3) is 0.933. The highest BCUT2D eigenvalue weighted by Crippen LogP contribution is 2.23. The zero-order valence-corrected chi connectivity index (χ0v) is 14.0. The molecule has 0 N–H and O–H groups in total. The Balaban J connectivity index is 1.77. The molecule has 0 aromatic carbocycles. The summed E-state index contributed by atoms with van der Waals surface area (Å²) in [6.07, 6.45) is 3.49. The topological polar surface area (TPSA) is 26.8 Å². The molecule has 0 aromatic rings. The maximum Gasteiger partial charge on any atom is 0.219 e. The molecule has 0 bridgehead atoms. The van der Waals surface area contributed by atoms with Crippen molar-refractivity contribution in [3.8, 4) is 0 Å². The van der Waals surface area contributed by atoms with Gasteiger partial charge in [0.05, 0.1) is 0 Å². The van der Waals surface area contributed by atoms with Crippen molar-refractivity contribution >= 4 is 17.7 Å². The summed E-state index contributed by atoms with van der Waals surface area (Å²) in [5, 5.41) is 0. The molecule has 2 rings (SSSR count). The van der Waals surface area contributed by atoms with E-state index in [1.54, 1.807) is 6.92 Å². The van der Waals surface area contributed by atoms with Crippen LogP contribution in [0.2, 0.25) is 0 Å². The molecule has 116 valence electrons. The Hall–Kier alpha value is -0.260. The van der Waals surface area contributed by atoms with E-state index in [2.05, 4.69) is 23.0 Å². The maximum absolute atomic E-state index is 11.4. The average molecular weight is 299 g/mol. The number of rotatable bonds is 5. The first-order chi connectivity index (χ1) is 9.61. The van der Waals surface area contributed by atoms with E-state index in [1.807, 2.05) is 16.7 Å². The van der Waals surface area contributed by atoms with Crippen LogP contribution in [0.25, 0.3) is 0 Å². The van der Waals surface area contributed by atoms with Gasteiger partial charge in [-0.15, -0.1) is 0 Å². The first-order valence-electron chi connectivity index (χ1n) is 7.82. The van der Waals surface area contributed by atoms with Crippen molar-refractivity contribution in [2.75, 3.05) is 57.8 Å². The van der Waals surface area contributed by atoms with Gasteiger partial charge in [-0.2, -0.15) is 11.8 Å². The predicted molar refractivity (Wildman–Crippen MR) is 86.2 cm³/mol.